The van der Waals surface area contributed by atoms with Crippen LogP contribution in [0.4, 0.5) is 6.01 Å². The smallest absolute Gasteiger partial charge is 0.314 e. The number of aromatic nitrogens is 2. The molecule has 1 heterocycles. The highest BCUT2D eigenvalue weighted by Gasteiger charge is 2.23. The maximum atomic E-state index is 5.06. The fraction of sp³-hybridized carbons (Fsp3) is 0.667. The summed E-state index contributed by atoms with van der Waals surface area (Å²) in [6.07, 6.45) is 3.50. The zero-order valence-electron chi connectivity index (χ0n) is 6.08. The molecule has 0 saturated heterocycles. The molecule has 0 aromatic carbocycles. The first-order valence-corrected chi connectivity index (χ1v) is 3.67. The van der Waals surface area contributed by atoms with E-state index in [1.807, 2.05) is 0 Å². The van der Waals surface area contributed by atoms with Gasteiger partial charge in [0, 0.05) is 6.42 Å². The quantitative estimate of drug-likeness (QED) is 0.484. The van der Waals surface area contributed by atoms with E-state index < -0.39 is 0 Å². The minimum atomic E-state index is 0.292. The molecule has 0 unspecified atom stereocenters. The summed E-state index contributed by atoms with van der Waals surface area (Å²) in [5, 5.41) is 3.74. The van der Waals surface area contributed by atoms with Crippen LogP contribution in [0.2, 0.25) is 0 Å². The molecule has 0 radical (unpaired) electrons. The van der Waals surface area contributed by atoms with Crippen molar-refractivity contribution in [2.45, 2.75) is 19.3 Å². The molecular weight excluding hydrogens is 144 g/mol. The van der Waals surface area contributed by atoms with Gasteiger partial charge in [0.1, 0.15) is 0 Å². The van der Waals surface area contributed by atoms with Crippen molar-refractivity contribution in [1.29, 1.82) is 0 Å². The molecule has 0 amide bonds. The van der Waals surface area contributed by atoms with Crippen LogP contribution in [-0.4, -0.2) is 10.1 Å². The van der Waals surface area contributed by atoms with Crippen molar-refractivity contribution in [2.75, 3.05) is 5.43 Å². The third-order valence-corrected chi connectivity index (χ3v) is 1.76. The fourth-order valence-electron chi connectivity index (χ4n) is 0.976. The van der Waals surface area contributed by atoms with E-state index in [-0.39, 0.29) is 0 Å². The Balaban J connectivity index is 1.99. The van der Waals surface area contributed by atoms with Crippen LogP contribution in [0, 0.1) is 5.92 Å². The molecule has 1 fully saturated rings. The van der Waals surface area contributed by atoms with Crippen LogP contribution in [0.15, 0.2) is 4.52 Å². The van der Waals surface area contributed by atoms with Gasteiger partial charge in [-0.25, -0.2) is 5.84 Å². The maximum absolute atomic E-state index is 5.06. The Morgan fingerprint density at radius 3 is 3.00 bits per heavy atom. The van der Waals surface area contributed by atoms with Gasteiger partial charge in [0.15, 0.2) is 5.82 Å². The van der Waals surface area contributed by atoms with E-state index in [2.05, 4.69) is 15.6 Å². The first-order chi connectivity index (χ1) is 5.38. The summed E-state index contributed by atoms with van der Waals surface area (Å²) in [5.74, 6) is 6.59. The normalized spacial score (nSPS) is 16.8. The van der Waals surface area contributed by atoms with Gasteiger partial charge in [-0.1, -0.05) is 5.16 Å². The fourth-order valence-corrected chi connectivity index (χ4v) is 0.976. The minimum Gasteiger partial charge on any atom is -0.314 e. The molecule has 1 aliphatic carbocycles. The first-order valence-electron chi connectivity index (χ1n) is 3.67. The standard InChI is InChI=1S/C6H10N4O/c7-9-6-8-5(10-11-6)3-4-1-2-4/h4H,1-3,7H2,(H,8,9,10). The third kappa shape index (κ3) is 1.48. The Morgan fingerprint density at radius 2 is 2.45 bits per heavy atom. The average molecular weight is 154 g/mol. The van der Waals surface area contributed by atoms with E-state index in [4.69, 9.17) is 10.4 Å². The van der Waals surface area contributed by atoms with Gasteiger partial charge in [0.25, 0.3) is 0 Å². The Labute approximate surface area is 63.9 Å². The summed E-state index contributed by atoms with van der Waals surface area (Å²) in [6.45, 7) is 0. The van der Waals surface area contributed by atoms with Crippen molar-refractivity contribution < 1.29 is 4.52 Å². The maximum Gasteiger partial charge on any atom is 0.335 e. The lowest BCUT2D eigenvalue weighted by Gasteiger charge is -1.85. The number of hydrazine groups is 1. The number of hydrogen-bond donors (Lipinski definition) is 2. The second-order valence-corrected chi connectivity index (χ2v) is 2.81. The predicted molar refractivity (Wildman–Crippen MR) is 38.5 cm³/mol. The lowest BCUT2D eigenvalue weighted by atomic mass is 10.3. The van der Waals surface area contributed by atoms with E-state index in [0.717, 1.165) is 18.2 Å². The van der Waals surface area contributed by atoms with Gasteiger partial charge in [-0.15, -0.1) is 0 Å². The van der Waals surface area contributed by atoms with E-state index in [1.54, 1.807) is 0 Å². The van der Waals surface area contributed by atoms with Crippen LogP contribution in [0.5, 0.6) is 0 Å². The highest BCUT2D eigenvalue weighted by atomic mass is 16.5. The highest BCUT2D eigenvalue weighted by molar-refractivity contribution is 5.14. The van der Waals surface area contributed by atoms with Crippen LogP contribution in [-0.2, 0) is 6.42 Å². The van der Waals surface area contributed by atoms with E-state index in [9.17, 15) is 0 Å². The second-order valence-electron chi connectivity index (χ2n) is 2.81. The zero-order chi connectivity index (χ0) is 7.68. The lowest BCUT2D eigenvalue weighted by Crippen LogP contribution is -2.06. The van der Waals surface area contributed by atoms with Crippen molar-refractivity contribution in [1.82, 2.24) is 10.1 Å². The van der Waals surface area contributed by atoms with Crippen LogP contribution in [0.25, 0.3) is 0 Å². The van der Waals surface area contributed by atoms with Gasteiger partial charge >= 0.3 is 6.01 Å². The monoisotopic (exact) mass is 154 g/mol. The first kappa shape index (κ1) is 6.60. The van der Waals surface area contributed by atoms with E-state index in [1.165, 1.54) is 12.8 Å². The molecule has 1 aliphatic rings. The molecule has 60 valence electrons. The van der Waals surface area contributed by atoms with E-state index >= 15 is 0 Å². The van der Waals surface area contributed by atoms with E-state index in [0.29, 0.717) is 6.01 Å². The summed E-state index contributed by atoms with van der Waals surface area (Å²) < 4.78 is 4.75. The third-order valence-electron chi connectivity index (χ3n) is 1.76. The summed E-state index contributed by atoms with van der Waals surface area (Å²) in [5.41, 5.74) is 2.30. The molecule has 1 aromatic heterocycles. The van der Waals surface area contributed by atoms with Crippen LogP contribution in [0.1, 0.15) is 18.7 Å². The van der Waals surface area contributed by atoms with Crippen LogP contribution >= 0.6 is 0 Å². The van der Waals surface area contributed by atoms with Crippen molar-refractivity contribution in [3.05, 3.63) is 5.82 Å². The van der Waals surface area contributed by atoms with Crippen LogP contribution < -0.4 is 11.3 Å². The SMILES string of the molecule is NNc1nc(CC2CC2)no1. The van der Waals surface area contributed by atoms with Gasteiger partial charge in [-0.2, -0.15) is 4.98 Å². The number of nitrogens with zero attached hydrogens (tertiary/aromatic N) is 2. The molecule has 5 heteroatoms. The molecule has 1 saturated carbocycles. The molecule has 0 aliphatic heterocycles. The molecule has 0 spiro atoms. The predicted octanol–water partition coefficient (Wildman–Crippen LogP) is 0.308. The largest absolute Gasteiger partial charge is 0.335 e. The summed E-state index contributed by atoms with van der Waals surface area (Å²) in [4.78, 5) is 4.00. The number of nitrogen functional groups attached to an aromatic ring is 1. The number of nitrogens with one attached hydrogen (secondary N) is 1. The Kier molecular flexibility index (Phi) is 1.50. The minimum absolute atomic E-state index is 0.292. The van der Waals surface area contributed by atoms with Gasteiger partial charge in [0.05, 0.1) is 0 Å². The average Bonchev–Trinajstić information content (AvgIpc) is 2.68. The van der Waals surface area contributed by atoms with Gasteiger partial charge in [0.2, 0.25) is 0 Å². The van der Waals surface area contributed by atoms with Gasteiger partial charge < -0.3 is 4.52 Å². The number of nitrogens with two attached hydrogens (primary N) is 1. The number of rotatable bonds is 3. The molecular formula is C6H10N4O. The second kappa shape index (κ2) is 2.50. The Bertz CT molecular complexity index is 242. The van der Waals surface area contributed by atoms with Crippen molar-refractivity contribution in [3.8, 4) is 0 Å². The Hall–Kier alpha value is -1.10. The lowest BCUT2D eigenvalue weighted by molar-refractivity contribution is 0.421. The molecule has 2 rings (SSSR count). The van der Waals surface area contributed by atoms with Crippen molar-refractivity contribution in [2.24, 2.45) is 11.8 Å². The van der Waals surface area contributed by atoms with Crippen molar-refractivity contribution >= 4 is 6.01 Å². The zero-order valence-corrected chi connectivity index (χ0v) is 6.08. The Morgan fingerprint density at radius 1 is 1.64 bits per heavy atom. The molecule has 0 atom stereocenters. The van der Waals surface area contributed by atoms with Gasteiger partial charge in [-0.3, -0.25) is 5.43 Å². The molecule has 0 bridgehead atoms. The highest BCUT2D eigenvalue weighted by Crippen LogP contribution is 2.31. The van der Waals surface area contributed by atoms with Crippen molar-refractivity contribution in [3.63, 3.8) is 0 Å². The topological polar surface area (TPSA) is 77.0 Å². The molecule has 1 aromatic rings. The molecule has 11 heavy (non-hydrogen) atoms. The van der Waals surface area contributed by atoms with Crippen LogP contribution in [0.3, 0.4) is 0 Å². The number of anilines is 1. The molecule has 3 N–H and O–H groups in total. The van der Waals surface area contributed by atoms with Gasteiger partial charge in [-0.05, 0) is 18.8 Å². The summed E-state index contributed by atoms with van der Waals surface area (Å²) in [7, 11) is 0. The summed E-state index contributed by atoms with van der Waals surface area (Å²) >= 11 is 0. The molecule has 5 nitrogen and oxygen atoms in total. The summed E-state index contributed by atoms with van der Waals surface area (Å²) in [6, 6.07) is 0.292. The number of hydrogen-bond acceptors (Lipinski definition) is 5.